The van der Waals surface area contributed by atoms with Crippen molar-refractivity contribution in [3.63, 3.8) is 0 Å². The van der Waals surface area contributed by atoms with Crippen LogP contribution in [0.3, 0.4) is 0 Å². The molecule has 0 radical (unpaired) electrons. The zero-order chi connectivity index (χ0) is 14.5. The zero-order valence-electron chi connectivity index (χ0n) is 12.8. The summed E-state index contributed by atoms with van der Waals surface area (Å²) in [7, 11) is 1.88. The van der Waals surface area contributed by atoms with Crippen LogP contribution < -0.4 is 10.1 Å². The van der Waals surface area contributed by atoms with E-state index in [1.807, 2.05) is 14.0 Å². The highest BCUT2D eigenvalue weighted by Crippen LogP contribution is 2.23. The summed E-state index contributed by atoms with van der Waals surface area (Å²) in [4.78, 5) is 0. The Morgan fingerprint density at radius 2 is 1.95 bits per heavy atom. The number of hydrogen-bond acceptors (Lipinski definition) is 3. The number of aliphatic hydroxyl groups is 1. The lowest BCUT2D eigenvalue weighted by Gasteiger charge is -2.26. The molecule has 1 atom stereocenters. The first kappa shape index (κ1) is 16.0. The average molecular weight is 265 g/mol. The Hall–Kier alpha value is -1.06. The predicted molar refractivity (Wildman–Crippen MR) is 79.9 cm³/mol. The molecule has 0 aliphatic heterocycles. The van der Waals surface area contributed by atoms with Crippen LogP contribution in [-0.4, -0.2) is 30.9 Å². The number of nitrogens with one attached hydrogen (secondary N) is 1. The lowest BCUT2D eigenvalue weighted by atomic mass is 9.97. The molecule has 1 aromatic carbocycles. The summed E-state index contributed by atoms with van der Waals surface area (Å²) >= 11 is 0. The van der Waals surface area contributed by atoms with Crippen molar-refractivity contribution in [2.45, 2.75) is 46.1 Å². The number of benzene rings is 1. The van der Waals surface area contributed by atoms with E-state index >= 15 is 0 Å². The summed E-state index contributed by atoms with van der Waals surface area (Å²) in [6.45, 7) is 9.14. The molecule has 3 nitrogen and oxygen atoms in total. The summed E-state index contributed by atoms with van der Waals surface area (Å²) in [5, 5.41) is 12.5. The van der Waals surface area contributed by atoms with Crippen molar-refractivity contribution < 1.29 is 9.84 Å². The maximum atomic E-state index is 9.32. The van der Waals surface area contributed by atoms with Gasteiger partial charge in [0.15, 0.2) is 0 Å². The van der Waals surface area contributed by atoms with Gasteiger partial charge in [-0.15, -0.1) is 0 Å². The van der Waals surface area contributed by atoms with Gasteiger partial charge in [0, 0.05) is 5.54 Å². The van der Waals surface area contributed by atoms with E-state index in [-0.39, 0.29) is 12.1 Å². The van der Waals surface area contributed by atoms with Crippen LogP contribution in [0.1, 0.15) is 36.5 Å². The minimum Gasteiger partial charge on any atom is -0.493 e. The quantitative estimate of drug-likeness (QED) is 0.745. The second-order valence-corrected chi connectivity index (χ2v) is 5.63. The third kappa shape index (κ3) is 4.51. The van der Waals surface area contributed by atoms with Gasteiger partial charge in [0.05, 0.1) is 13.2 Å². The van der Waals surface area contributed by atoms with E-state index < -0.39 is 0 Å². The zero-order valence-corrected chi connectivity index (χ0v) is 12.8. The van der Waals surface area contributed by atoms with Crippen LogP contribution >= 0.6 is 0 Å². The Morgan fingerprint density at radius 3 is 2.53 bits per heavy atom. The molecular formula is C16H27NO2. The molecule has 0 fully saturated rings. The Kier molecular flexibility index (Phi) is 5.83. The van der Waals surface area contributed by atoms with Gasteiger partial charge in [0.2, 0.25) is 0 Å². The van der Waals surface area contributed by atoms with Crippen LogP contribution in [0.5, 0.6) is 5.75 Å². The molecule has 0 saturated heterocycles. The molecule has 1 rings (SSSR count). The minimum absolute atomic E-state index is 0.145. The summed E-state index contributed by atoms with van der Waals surface area (Å²) in [5.41, 5.74) is 3.50. The highest BCUT2D eigenvalue weighted by molar-refractivity contribution is 5.41. The monoisotopic (exact) mass is 265 g/mol. The SMILES string of the molecule is CNC(C)(CO)CCCOc1cc(C)cc(C)c1C. The van der Waals surface area contributed by atoms with Crippen molar-refractivity contribution in [1.29, 1.82) is 0 Å². The van der Waals surface area contributed by atoms with Gasteiger partial charge >= 0.3 is 0 Å². The first-order valence-electron chi connectivity index (χ1n) is 6.92. The van der Waals surface area contributed by atoms with Crippen molar-refractivity contribution in [2.24, 2.45) is 0 Å². The fourth-order valence-electron chi connectivity index (χ4n) is 2.08. The molecule has 1 unspecified atom stereocenters. The molecule has 0 amide bonds. The molecule has 0 aliphatic rings. The molecule has 0 spiro atoms. The molecule has 19 heavy (non-hydrogen) atoms. The van der Waals surface area contributed by atoms with Crippen LogP contribution in [-0.2, 0) is 0 Å². The van der Waals surface area contributed by atoms with Gasteiger partial charge in [-0.3, -0.25) is 0 Å². The van der Waals surface area contributed by atoms with E-state index in [0.717, 1.165) is 18.6 Å². The van der Waals surface area contributed by atoms with Crippen molar-refractivity contribution >= 4 is 0 Å². The summed E-state index contributed by atoms with van der Waals surface area (Å²) in [6, 6.07) is 4.26. The third-order valence-electron chi connectivity index (χ3n) is 3.85. The molecule has 0 bridgehead atoms. The first-order chi connectivity index (χ1) is 8.91. The van der Waals surface area contributed by atoms with Crippen molar-refractivity contribution in [3.05, 3.63) is 28.8 Å². The Bertz CT molecular complexity index is 411. The van der Waals surface area contributed by atoms with E-state index in [9.17, 15) is 5.11 Å². The lowest BCUT2D eigenvalue weighted by Crippen LogP contribution is -2.43. The second kappa shape index (κ2) is 6.92. The first-order valence-corrected chi connectivity index (χ1v) is 6.92. The highest BCUT2D eigenvalue weighted by atomic mass is 16.5. The van der Waals surface area contributed by atoms with Gasteiger partial charge in [0.25, 0.3) is 0 Å². The smallest absolute Gasteiger partial charge is 0.122 e. The standard InChI is InChI=1S/C16H27NO2/c1-12-9-13(2)14(3)15(10-12)19-8-6-7-16(4,11-18)17-5/h9-10,17-18H,6-8,11H2,1-5H3. The molecule has 108 valence electrons. The van der Waals surface area contributed by atoms with Crippen LogP contribution in [0.25, 0.3) is 0 Å². The van der Waals surface area contributed by atoms with Crippen LogP contribution in [0.4, 0.5) is 0 Å². The van der Waals surface area contributed by atoms with Crippen molar-refractivity contribution in [2.75, 3.05) is 20.3 Å². The highest BCUT2D eigenvalue weighted by Gasteiger charge is 2.19. The molecule has 3 heteroatoms. The summed E-state index contributed by atoms with van der Waals surface area (Å²) < 4.78 is 5.87. The van der Waals surface area contributed by atoms with E-state index in [1.54, 1.807) is 0 Å². The second-order valence-electron chi connectivity index (χ2n) is 5.63. The van der Waals surface area contributed by atoms with Crippen LogP contribution in [0.2, 0.25) is 0 Å². The summed E-state index contributed by atoms with van der Waals surface area (Å²) in [6.07, 6.45) is 1.81. The number of ether oxygens (including phenoxy) is 1. The molecule has 0 aromatic heterocycles. The molecule has 1 aromatic rings. The van der Waals surface area contributed by atoms with Crippen LogP contribution in [0, 0.1) is 20.8 Å². The maximum absolute atomic E-state index is 9.32. The number of hydrogen-bond donors (Lipinski definition) is 2. The molecule has 2 N–H and O–H groups in total. The maximum Gasteiger partial charge on any atom is 0.122 e. The van der Waals surface area contributed by atoms with Crippen molar-refractivity contribution in [1.82, 2.24) is 5.32 Å². The van der Waals surface area contributed by atoms with Gasteiger partial charge < -0.3 is 15.2 Å². The van der Waals surface area contributed by atoms with Crippen molar-refractivity contribution in [3.8, 4) is 5.75 Å². The Balaban J connectivity index is 2.50. The minimum atomic E-state index is -0.207. The van der Waals surface area contributed by atoms with E-state index in [0.29, 0.717) is 6.61 Å². The molecule has 0 aliphatic carbocycles. The molecule has 0 saturated carbocycles. The largest absolute Gasteiger partial charge is 0.493 e. The molecular weight excluding hydrogens is 238 g/mol. The summed E-state index contributed by atoms with van der Waals surface area (Å²) in [5.74, 6) is 0.979. The number of likely N-dealkylation sites (N-methyl/N-ethyl adjacent to an activating group) is 1. The normalized spacial score (nSPS) is 14.2. The Morgan fingerprint density at radius 1 is 1.26 bits per heavy atom. The van der Waals surface area contributed by atoms with Gasteiger partial charge in [-0.2, -0.15) is 0 Å². The number of rotatable bonds is 7. The molecule has 0 heterocycles. The van der Waals surface area contributed by atoms with Gasteiger partial charge in [-0.1, -0.05) is 6.07 Å². The number of aliphatic hydroxyl groups excluding tert-OH is 1. The predicted octanol–water partition coefficient (Wildman–Crippen LogP) is 2.74. The van der Waals surface area contributed by atoms with E-state index in [1.165, 1.54) is 16.7 Å². The topological polar surface area (TPSA) is 41.5 Å². The van der Waals surface area contributed by atoms with E-state index in [4.69, 9.17) is 4.74 Å². The average Bonchev–Trinajstić information content (AvgIpc) is 2.39. The third-order valence-corrected chi connectivity index (χ3v) is 3.85. The van der Waals surface area contributed by atoms with Gasteiger partial charge in [0.1, 0.15) is 5.75 Å². The van der Waals surface area contributed by atoms with Gasteiger partial charge in [-0.25, -0.2) is 0 Å². The Labute approximate surface area is 117 Å². The van der Waals surface area contributed by atoms with Gasteiger partial charge in [-0.05, 0) is 70.3 Å². The van der Waals surface area contributed by atoms with E-state index in [2.05, 4.69) is 38.2 Å². The fraction of sp³-hybridized carbons (Fsp3) is 0.625. The fourth-order valence-corrected chi connectivity index (χ4v) is 2.08. The van der Waals surface area contributed by atoms with Crippen LogP contribution in [0.15, 0.2) is 12.1 Å². The number of aryl methyl sites for hydroxylation is 2. The lowest BCUT2D eigenvalue weighted by molar-refractivity contribution is 0.163.